The smallest absolute Gasteiger partial charge is 0.122 e. The monoisotopic (exact) mass is 352 g/mol. The van der Waals surface area contributed by atoms with Crippen molar-refractivity contribution in [1.82, 2.24) is 0 Å². The van der Waals surface area contributed by atoms with Crippen LogP contribution in [0.5, 0.6) is 5.75 Å². The summed E-state index contributed by atoms with van der Waals surface area (Å²) in [4.78, 5) is 0. The minimum atomic E-state index is 0.518. The Labute approximate surface area is 134 Å². The van der Waals surface area contributed by atoms with Gasteiger partial charge < -0.3 is 4.74 Å². The number of rotatable bonds is 6. The fourth-order valence-electron chi connectivity index (χ4n) is 2.35. The van der Waals surface area contributed by atoms with E-state index in [1.165, 1.54) is 11.1 Å². The number of halogens is 2. The highest BCUT2D eigenvalue weighted by Crippen LogP contribution is 2.27. The van der Waals surface area contributed by atoms with E-state index in [1.807, 2.05) is 24.3 Å². The van der Waals surface area contributed by atoms with Crippen molar-refractivity contribution in [2.75, 3.05) is 12.4 Å². The lowest BCUT2D eigenvalue weighted by Gasteiger charge is -2.16. The lowest BCUT2D eigenvalue weighted by atomic mass is 9.94. The van der Waals surface area contributed by atoms with Gasteiger partial charge >= 0.3 is 0 Å². The molecule has 0 saturated heterocycles. The zero-order valence-electron chi connectivity index (χ0n) is 11.5. The molecule has 1 nitrogen and oxygen atoms in total. The lowest BCUT2D eigenvalue weighted by Crippen LogP contribution is -2.10. The first-order chi connectivity index (χ1) is 9.72. The standard InChI is InChI=1S/C17H18BrClO/c1-20-17-8-7-16(19)11-15(17)10-14(12-18)9-13-5-3-2-4-6-13/h2-8,11,14H,9-10,12H2,1H3. The van der Waals surface area contributed by atoms with Crippen LogP contribution in [0.3, 0.4) is 0 Å². The fourth-order valence-corrected chi connectivity index (χ4v) is 3.00. The minimum Gasteiger partial charge on any atom is -0.496 e. The summed E-state index contributed by atoms with van der Waals surface area (Å²) in [5, 5.41) is 1.71. The van der Waals surface area contributed by atoms with E-state index in [1.54, 1.807) is 7.11 Å². The fraction of sp³-hybridized carbons (Fsp3) is 0.294. The average molecular weight is 354 g/mol. The maximum absolute atomic E-state index is 6.09. The molecule has 0 spiro atoms. The average Bonchev–Trinajstić information content (AvgIpc) is 2.48. The van der Waals surface area contributed by atoms with Crippen LogP contribution < -0.4 is 4.74 Å². The first kappa shape index (κ1) is 15.4. The van der Waals surface area contributed by atoms with Crippen LogP contribution in [-0.4, -0.2) is 12.4 Å². The third-order valence-electron chi connectivity index (χ3n) is 3.34. The van der Waals surface area contributed by atoms with Crippen LogP contribution in [0.1, 0.15) is 11.1 Å². The van der Waals surface area contributed by atoms with Crippen LogP contribution in [0, 0.1) is 5.92 Å². The highest BCUT2D eigenvalue weighted by Gasteiger charge is 2.13. The molecule has 2 rings (SSSR count). The number of ether oxygens (including phenoxy) is 1. The molecule has 0 aliphatic heterocycles. The topological polar surface area (TPSA) is 9.23 Å². The van der Waals surface area contributed by atoms with E-state index in [4.69, 9.17) is 16.3 Å². The van der Waals surface area contributed by atoms with Gasteiger partial charge in [-0.15, -0.1) is 0 Å². The van der Waals surface area contributed by atoms with Gasteiger partial charge in [0, 0.05) is 10.4 Å². The molecule has 2 aromatic rings. The second-order valence-corrected chi connectivity index (χ2v) is 5.95. The van der Waals surface area contributed by atoms with Crippen molar-refractivity contribution in [2.24, 2.45) is 5.92 Å². The molecule has 0 saturated carbocycles. The summed E-state index contributed by atoms with van der Waals surface area (Å²) in [6, 6.07) is 16.4. The van der Waals surface area contributed by atoms with Crippen LogP contribution in [-0.2, 0) is 12.8 Å². The van der Waals surface area contributed by atoms with Crippen LogP contribution >= 0.6 is 27.5 Å². The number of methoxy groups -OCH3 is 1. The van der Waals surface area contributed by atoms with Crippen LogP contribution in [0.4, 0.5) is 0 Å². The Bertz CT molecular complexity index is 542. The molecular formula is C17H18BrClO. The van der Waals surface area contributed by atoms with Gasteiger partial charge in [-0.3, -0.25) is 0 Å². The maximum Gasteiger partial charge on any atom is 0.122 e. The van der Waals surface area contributed by atoms with Crippen LogP contribution in [0.2, 0.25) is 5.02 Å². The number of benzene rings is 2. The summed E-state index contributed by atoms with van der Waals surface area (Å²) >= 11 is 9.72. The Morgan fingerprint density at radius 3 is 2.50 bits per heavy atom. The van der Waals surface area contributed by atoms with Gasteiger partial charge in [-0.25, -0.2) is 0 Å². The van der Waals surface area contributed by atoms with Crippen molar-refractivity contribution in [2.45, 2.75) is 12.8 Å². The molecule has 0 bridgehead atoms. The summed E-state index contributed by atoms with van der Waals surface area (Å²) in [6.07, 6.45) is 1.99. The predicted molar refractivity (Wildman–Crippen MR) is 89.1 cm³/mol. The SMILES string of the molecule is COc1ccc(Cl)cc1CC(CBr)Cc1ccccc1. The minimum absolute atomic E-state index is 0.518. The Morgan fingerprint density at radius 2 is 1.85 bits per heavy atom. The Balaban J connectivity index is 2.12. The molecule has 0 fully saturated rings. The molecule has 106 valence electrons. The molecular weight excluding hydrogens is 336 g/mol. The normalized spacial score (nSPS) is 12.2. The Hall–Kier alpha value is -0.990. The van der Waals surface area contributed by atoms with E-state index in [9.17, 15) is 0 Å². The van der Waals surface area contributed by atoms with E-state index in [0.717, 1.165) is 28.9 Å². The molecule has 0 radical (unpaired) electrons. The van der Waals surface area contributed by atoms with Crippen molar-refractivity contribution >= 4 is 27.5 Å². The first-order valence-corrected chi connectivity index (χ1v) is 8.15. The quantitative estimate of drug-likeness (QED) is 0.653. The maximum atomic E-state index is 6.09. The molecule has 1 unspecified atom stereocenters. The highest BCUT2D eigenvalue weighted by molar-refractivity contribution is 9.09. The second-order valence-electron chi connectivity index (χ2n) is 4.87. The van der Waals surface area contributed by atoms with E-state index in [-0.39, 0.29) is 0 Å². The molecule has 0 N–H and O–H groups in total. The van der Waals surface area contributed by atoms with Gasteiger partial charge in [0.05, 0.1) is 7.11 Å². The van der Waals surface area contributed by atoms with Gasteiger partial charge in [0.1, 0.15) is 5.75 Å². The number of hydrogen-bond acceptors (Lipinski definition) is 1. The zero-order chi connectivity index (χ0) is 14.4. The summed E-state index contributed by atoms with van der Waals surface area (Å²) < 4.78 is 5.42. The molecule has 1 atom stereocenters. The Kier molecular flexibility index (Phi) is 5.93. The van der Waals surface area contributed by atoms with E-state index in [0.29, 0.717) is 5.92 Å². The number of alkyl halides is 1. The molecule has 20 heavy (non-hydrogen) atoms. The summed E-state index contributed by atoms with van der Waals surface area (Å²) in [6.45, 7) is 0. The van der Waals surface area contributed by atoms with Gasteiger partial charge in [-0.2, -0.15) is 0 Å². The van der Waals surface area contributed by atoms with Crippen molar-refractivity contribution in [3.05, 3.63) is 64.7 Å². The predicted octanol–water partition coefficient (Wildman–Crippen LogP) is 5.14. The van der Waals surface area contributed by atoms with Crippen molar-refractivity contribution in [3.63, 3.8) is 0 Å². The molecule has 0 aliphatic carbocycles. The van der Waals surface area contributed by atoms with Gasteiger partial charge in [0.15, 0.2) is 0 Å². The summed E-state index contributed by atoms with van der Waals surface area (Å²) in [5.74, 6) is 1.43. The third-order valence-corrected chi connectivity index (χ3v) is 4.49. The molecule has 3 heteroatoms. The lowest BCUT2D eigenvalue weighted by molar-refractivity contribution is 0.406. The van der Waals surface area contributed by atoms with Crippen molar-refractivity contribution < 1.29 is 4.74 Å². The number of hydrogen-bond donors (Lipinski definition) is 0. The molecule has 0 heterocycles. The van der Waals surface area contributed by atoms with E-state index < -0.39 is 0 Å². The van der Waals surface area contributed by atoms with Gasteiger partial charge in [-0.1, -0.05) is 57.9 Å². The van der Waals surface area contributed by atoms with Crippen LogP contribution in [0.15, 0.2) is 48.5 Å². The van der Waals surface area contributed by atoms with Gasteiger partial charge in [-0.05, 0) is 48.1 Å². The molecule has 2 aromatic carbocycles. The molecule has 0 aliphatic rings. The van der Waals surface area contributed by atoms with Crippen LogP contribution in [0.25, 0.3) is 0 Å². The molecule has 0 amide bonds. The largest absolute Gasteiger partial charge is 0.496 e. The third kappa shape index (κ3) is 4.26. The van der Waals surface area contributed by atoms with E-state index in [2.05, 4.69) is 40.2 Å². The second kappa shape index (κ2) is 7.70. The van der Waals surface area contributed by atoms with Crippen molar-refractivity contribution in [1.29, 1.82) is 0 Å². The summed E-state index contributed by atoms with van der Waals surface area (Å²) in [5.41, 5.74) is 2.53. The Morgan fingerprint density at radius 1 is 1.10 bits per heavy atom. The molecule has 0 aromatic heterocycles. The van der Waals surface area contributed by atoms with Crippen molar-refractivity contribution in [3.8, 4) is 5.75 Å². The highest BCUT2D eigenvalue weighted by atomic mass is 79.9. The van der Waals surface area contributed by atoms with Gasteiger partial charge in [0.2, 0.25) is 0 Å². The van der Waals surface area contributed by atoms with E-state index >= 15 is 0 Å². The van der Waals surface area contributed by atoms with Gasteiger partial charge in [0.25, 0.3) is 0 Å². The summed E-state index contributed by atoms with van der Waals surface area (Å²) in [7, 11) is 1.70. The first-order valence-electron chi connectivity index (χ1n) is 6.65. The zero-order valence-corrected chi connectivity index (χ0v) is 13.8.